The molecule has 0 unspecified atom stereocenters. The third-order valence-corrected chi connectivity index (χ3v) is 4.03. The second kappa shape index (κ2) is 5.31. The van der Waals surface area contributed by atoms with Gasteiger partial charge in [0.1, 0.15) is 5.82 Å². The average molecular weight is 246 g/mol. The summed E-state index contributed by atoms with van der Waals surface area (Å²) in [5.41, 5.74) is 0.857. The third-order valence-electron chi connectivity index (χ3n) is 2.38. The molecule has 0 radical (unpaired) electrons. The van der Waals surface area contributed by atoms with Crippen molar-refractivity contribution in [3.63, 3.8) is 0 Å². The number of aromatic nitrogens is 2. The largest absolute Gasteiger partial charge is 0.302 e. The van der Waals surface area contributed by atoms with Gasteiger partial charge < -0.3 is 0 Å². The molecule has 0 bridgehead atoms. The standard InChI is InChI=1S/C9H18N4O2S/c1-4-8-7-10-11-9(8)12-16(14,15)13(5-2)6-3/h7H,4-6H2,1-3H3,(H2,10,11,12). The van der Waals surface area contributed by atoms with Crippen molar-refractivity contribution in [1.29, 1.82) is 0 Å². The normalized spacial score (nSPS) is 12.0. The van der Waals surface area contributed by atoms with E-state index in [0.717, 1.165) is 12.0 Å². The molecule has 0 aliphatic heterocycles. The number of nitrogens with zero attached hydrogens (tertiary/aromatic N) is 2. The first-order valence-corrected chi connectivity index (χ1v) is 6.79. The lowest BCUT2D eigenvalue weighted by Crippen LogP contribution is -2.35. The molecule has 1 aromatic rings. The van der Waals surface area contributed by atoms with Crippen molar-refractivity contribution in [3.05, 3.63) is 11.8 Å². The fraction of sp³-hybridized carbons (Fsp3) is 0.667. The van der Waals surface area contributed by atoms with E-state index in [-0.39, 0.29) is 0 Å². The number of aromatic amines is 1. The smallest absolute Gasteiger partial charge is 0.262 e. The number of rotatable bonds is 6. The first-order valence-electron chi connectivity index (χ1n) is 5.35. The average Bonchev–Trinajstić information content (AvgIpc) is 2.65. The highest BCUT2D eigenvalue weighted by Gasteiger charge is 2.20. The van der Waals surface area contributed by atoms with Crippen LogP contribution in [0.15, 0.2) is 6.20 Å². The Bertz CT molecular complexity index is 422. The molecule has 0 saturated carbocycles. The molecular formula is C9H18N4O2S. The van der Waals surface area contributed by atoms with Gasteiger partial charge in [0.25, 0.3) is 0 Å². The van der Waals surface area contributed by atoms with Crippen LogP contribution in [0.2, 0.25) is 0 Å². The number of hydrogen-bond acceptors (Lipinski definition) is 3. The summed E-state index contributed by atoms with van der Waals surface area (Å²) in [7, 11) is -3.47. The molecule has 0 atom stereocenters. The quantitative estimate of drug-likeness (QED) is 0.785. The monoisotopic (exact) mass is 246 g/mol. The Morgan fingerprint density at radius 1 is 1.38 bits per heavy atom. The minimum absolute atomic E-state index is 0.446. The number of hydrogen-bond donors (Lipinski definition) is 2. The molecule has 92 valence electrons. The fourth-order valence-corrected chi connectivity index (χ4v) is 2.67. The van der Waals surface area contributed by atoms with Gasteiger partial charge in [0.2, 0.25) is 0 Å². The molecule has 6 nitrogen and oxygen atoms in total. The van der Waals surface area contributed by atoms with Crippen molar-refractivity contribution in [2.75, 3.05) is 17.8 Å². The summed E-state index contributed by atoms with van der Waals surface area (Å²) < 4.78 is 27.6. The number of H-pyrrole nitrogens is 1. The van der Waals surface area contributed by atoms with Gasteiger partial charge in [-0.2, -0.15) is 17.8 Å². The van der Waals surface area contributed by atoms with E-state index < -0.39 is 10.2 Å². The van der Waals surface area contributed by atoms with Crippen LogP contribution in [-0.2, 0) is 16.6 Å². The van der Waals surface area contributed by atoms with Gasteiger partial charge in [-0.15, -0.1) is 0 Å². The zero-order valence-electron chi connectivity index (χ0n) is 9.82. The highest BCUT2D eigenvalue weighted by molar-refractivity contribution is 7.90. The van der Waals surface area contributed by atoms with Gasteiger partial charge >= 0.3 is 10.2 Å². The number of nitrogens with one attached hydrogen (secondary N) is 2. The van der Waals surface area contributed by atoms with E-state index in [2.05, 4.69) is 14.9 Å². The summed E-state index contributed by atoms with van der Waals surface area (Å²) in [4.78, 5) is 0. The van der Waals surface area contributed by atoms with E-state index in [4.69, 9.17) is 0 Å². The van der Waals surface area contributed by atoms with Crippen LogP contribution in [0.5, 0.6) is 0 Å². The first kappa shape index (κ1) is 13.0. The van der Waals surface area contributed by atoms with Crippen LogP contribution in [-0.4, -0.2) is 36.0 Å². The van der Waals surface area contributed by atoms with Crippen molar-refractivity contribution < 1.29 is 8.42 Å². The Labute approximate surface area is 96.2 Å². The summed E-state index contributed by atoms with van der Waals surface area (Å²) in [5, 5.41) is 6.47. The van der Waals surface area contributed by atoms with Gasteiger partial charge in [0, 0.05) is 18.7 Å². The lowest BCUT2D eigenvalue weighted by atomic mass is 10.3. The molecule has 0 spiro atoms. The van der Waals surface area contributed by atoms with E-state index in [1.165, 1.54) is 4.31 Å². The Morgan fingerprint density at radius 2 is 2.00 bits per heavy atom. The molecule has 1 aromatic heterocycles. The topological polar surface area (TPSA) is 78.1 Å². The van der Waals surface area contributed by atoms with Crippen molar-refractivity contribution >= 4 is 16.0 Å². The van der Waals surface area contributed by atoms with Gasteiger partial charge in [-0.05, 0) is 6.42 Å². The van der Waals surface area contributed by atoms with Gasteiger partial charge in [-0.3, -0.25) is 9.82 Å². The van der Waals surface area contributed by atoms with Crippen LogP contribution in [0.25, 0.3) is 0 Å². The van der Waals surface area contributed by atoms with Crippen molar-refractivity contribution in [2.24, 2.45) is 0 Å². The SMILES string of the molecule is CCc1cn[nH]c1NS(=O)(=O)N(CC)CC. The molecule has 0 saturated heterocycles. The van der Waals surface area contributed by atoms with Crippen LogP contribution in [0.3, 0.4) is 0 Å². The second-order valence-electron chi connectivity index (χ2n) is 3.32. The summed E-state index contributed by atoms with van der Waals surface area (Å²) >= 11 is 0. The summed E-state index contributed by atoms with van der Waals surface area (Å²) in [6.07, 6.45) is 2.35. The van der Waals surface area contributed by atoms with Gasteiger partial charge in [0.15, 0.2) is 0 Å². The van der Waals surface area contributed by atoms with Gasteiger partial charge in [0.05, 0.1) is 6.20 Å². The minimum Gasteiger partial charge on any atom is -0.262 e. The lowest BCUT2D eigenvalue weighted by Gasteiger charge is -2.18. The van der Waals surface area contributed by atoms with Crippen LogP contribution >= 0.6 is 0 Å². The number of anilines is 1. The summed E-state index contributed by atoms with van der Waals surface area (Å²) in [6.45, 7) is 6.44. The predicted octanol–water partition coefficient (Wildman–Crippen LogP) is 0.971. The highest BCUT2D eigenvalue weighted by Crippen LogP contribution is 2.14. The Hall–Kier alpha value is -1.08. The van der Waals surface area contributed by atoms with E-state index in [0.29, 0.717) is 18.9 Å². The number of aryl methyl sites for hydroxylation is 1. The maximum Gasteiger partial charge on any atom is 0.302 e. The molecule has 0 fully saturated rings. The Kier molecular flexibility index (Phi) is 4.31. The zero-order chi connectivity index (χ0) is 12.2. The van der Waals surface area contributed by atoms with Gasteiger partial charge in [-0.1, -0.05) is 20.8 Å². The van der Waals surface area contributed by atoms with E-state index >= 15 is 0 Å². The Balaban J connectivity index is 2.88. The van der Waals surface area contributed by atoms with Crippen LogP contribution in [0, 0.1) is 0 Å². The molecule has 0 amide bonds. The minimum atomic E-state index is -3.47. The van der Waals surface area contributed by atoms with E-state index in [1.807, 2.05) is 6.92 Å². The lowest BCUT2D eigenvalue weighted by molar-refractivity contribution is 0.449. The maximum absolute atomic E-state index is 11.9. The first-order chi connectivity index (χ1) is 7.55. The molecule has 16 heavy (non-hydrogen) atoms. The predicted molar refractivity (Wildman–Crippen MR) is 63.4 cm³/mol. The highest BCUT2D eigenvalue weighted by atomic mass is 32.2. The maximum atomic E-state index is 11.9. The molecule has 1 rings (SSSR count). The zero-order valence-corrected chi connectivity index (χ0v) is 10.6. The summed E-state index contributed by atoms with van der Waals surface area (Å²) in [5.74, 6) is 0.453. The molecular weight excluding hydrogens is 228 g/mol. The van der Waals surface area contributed by atoms with Crippen molar-refractivity contribution in [2.45, 2.75) is 27.2 Å². The Morgan fingerprint density at radius 3 is 2.50 bits per heavy atom. The molecule has 7 heteroatoms. The summed E-state index contributed by atoms with van der Waals surface area (Å²) in [6, 6.07) is 0. The van der Waals surface area contributed by atoms with E-state index in [9.17, 15) is 8.42 Å². The van der Waals surface area contributed by atoms with Crippen LogP contribution in [0.1, 0.15) is 26.3 Å². The van der Waals surface area contributed by atoms with Crippen LogP contribution < -0.4 is 4.72 Å². The molecule has 0 aliphatic rings. The molecule has 1 heterocycles. The third kappa shape index (κ3) is 2.73. The molecule has 0 aromatic carbocycles. The second-order valence-corrected chi connectivity index (χ2v) is 4.99. The fourth-order valence-electron chi connectivity index (χ4n) is 1.42. The van der Waals surface area contributed by atoms with Crippen molar-refractivity contribution in [3.8, 4) is 0 Å². The van der Waals surface area contributed by atoms with Crippen LogP contribution in [0.4, 0.5) is 5.82 Å². The molecule has 2 N–H and O–H groups in total. The van der Waals surface area contributed by atoms with Gasteiger partial charge in [-0.25, -0.2) is 0 Å². The van der Waals surface area contributed by atoms with E-state index in [1.54, 1.807) is 20.0 Å². The molecule has 0 aliphatic carbocycles. The van der Waals surface area contributed by atoms with Crippen molar-refractivity contribution in [1.82, 2.24) is 14.5 Å².